The Hall–Kier alpha value is -2.98. The summed E-state index contributed by atoms with van der Waals surface area (Å²) in [5.74, 6) is 0. The molecular formula is C22H19N3S. The molecule has 0 radical (unpaired) electrons. The monoisotopic (exact) mass is 357 g/mol. The van der Waals surface area contributed by atoms with Crippen LogP contribution in [0.25, 0.3) is 22.0 Å². The van der Waals surface area contributed by atoms with E-state index in [0.29, 0.717) is 0 Å². The maximum Gasteiger partial charge on any atom is 0.203 e. The number of nitrogens with one attached hydrogen (secondary N) is 1. The smallest absolute Gasteiger partial charge is 0.203 e. The lowest BCUT2D eigenvalue weighted by Crippen LogP contribution is -1.99. The van der Waals surface area contributed by atoms with Gasteiger partial charge in [-0.15, -0.1) is 11.3 Å². The van der Waals surface area contributed by atoms with Crippen LogP contribution in [0.1, 0.15) is 18.1 Å². The normalized spacial score (nSPS) is 11.7. The van der Waals surface area contributed by atoms with Crippen LogP contribution in [0.2, 0.25) is 0 Å². The lowest BCUT2D eigenvalue weighted by molar-refractivity contribution is 1.27. The molecule has 0 amide bonds. The van der Waals surface area contributed by atoms with Gasteiger partial charge >= 0.3 is 0 Å². The molecule has 26 heavy (non-hydrogen) atoms. The third-order valence-electron chi connectivity index (χ3n) is 4.34. The van der Waals surface area contributed by atoms with E-state index in [2.05, 4.69) is 89.2 Å². The summed E-state index contributed by atoms with van der Waals surface area (Å²) in [6, 6.07) is 23.1. The summed E-state index contributed by atoms with van der Waals surface area (Å²) in [6.07, 6.45) is 0. The minimum Gasteiger partial charge on any atom is -0.252 e. The van der Waals surface area contributed by atoms with Crippen LogP contribution in [0.5, 0.6) is 0 Å². The van der Waals surface area contributed by atoms with E-state index < -0.39 is 0 Å². The molecule has 0 atom stereocenters. The minimum atomic E-state index is 0.792. The summed E-state index contributed by atoms with van der Waals surface area (Å²) < 4.78 is 0. The van der Waals surface area contributed by atoms with E-state index in [0.717, 1.165) is 27.7 Å². The van der Waals surface area contributed by atoms with Crippen molar-refractivity contribution in [3.63, 3.8) is 0 Å². The molecule has 3 aromatic carbocycles. The molecule has 0 bridgehead atoms. The number of fused-ring (bicyclic) bond motifs is 1. The van der Waals surface area contributed by atoms with Gasteiger partial charge < -0.3 is 0 Å². The van der Waals surface area contributed by atoms with Crippen molar-refractivity contribution in [2.75, 3.05) is 5.43 Å². The summed E-state index contributed by atoms with van der Waals surface area (Å²) in [5.41, 5.74) is 8.46. The molecule has 0 saturated carbocycles. The Morgan fingerprint density at radius 3 is 2.54 bits per heavy atom. The summed E-state index contributed by atoms with van der Waals surface area (Å²) in [5, 5.41) is 9.80. The van der Waals surface area contributed by atoms with Crippen molar-refractivity contribution in [2.24, 2.45) is 5.10 Å². The number of thiazole rings is 1. The number of aryl methyl sites for hydroxylation is 1. The fourth-order valence-corrected chi connectivity index (χ4v) is 3.45. The van der Waals surface area contributed by atoms with Gasteiger partial charge in [-0.05, 0) is 36.2 Å². The summed E-state index contributed by atoms with van der Waals surface area (Å²) in [7, 11) is 0. The molecule has 0 aliphatic carbocycles. The first-order valence-corrected chi connectivity index (χ1v) is 9.39. The highest BCUT2D eigenvalue weighted by atomic mass is 32.1. The lowest BCUT2D eigenvalue weighted by atomic mass is 10.0. The average molecular weight is 357 g/mol. The van der Waals surface area contributed by atoms with Crippen LogP contribution in [0.3, 0.4) is 0 Å². The zero-order valence-electron chi connectivity index (χ0n) is 14.7. The summed E-state index contributed by atoms with van der Waals surface area (Å²) >= 11 is 1.56. The zero-order valence-corrected chi connectivity index (χ0v) is 15.5. The first kappa shape index (κ1) is 16.5. The predicted molar refractivity (Wildman–Crippen MR) is 112 cm³/mol. The van der Waals surface area contributed by atoms with Crippen molar-refractivity contribution in [1.82, 2.24) is 4.98 Å². The zero-order chi connectivity index (χ0) is 17.9. The maximum atomic E-state index is 4.63. The fraction of sp³-hybridized carbons (Fsp3) is 0.0909. The van der Waals surface area contributed by atoms with Crippen molar-refractivity contribution in [3.05, 3.63) is 83.2 Å². The van der Waals surface area contributed by atoms with Crippen molar-refractivity contribution in [2.45, 2.75) is 13.8 Å². The van der Waals surface area contributed by atoms with Crippen molar-refractivity contribution in [3.8, 4) is 11.3 Å². The summed E-state index contributed by atoms with van der Waals surface area (Å²) in [4.78, 5) is 4.63. The molecule has 1 aromatic heterocycles. The first-order chi connectivity index (χ1) is 12.7. The van der Waals surface area contributed by atoms with Crippen LogP contribution in [-0.4, -0.2) is 10.7 Å². The lowest BCUT2D eigenvalue weighted by Gasteiger charge is -2.04. The van der Waals surface area contributed by atoms with Crippen LogP contribution < -0.4 is 5.43 Å². The van der Waals surface area contributed by atoms with Gasteiger partial charge in [0.1, 0.15) is 0 Å². The topological polar surface area (TPSA) is 37.3 Å². The number of hydrazone groups is 1. The van der Waals surface area contributed by atoms with Gasteiger partial charge in [0, 0.05) is 10.9 Å². The van der Waals surface area contributed by atoms with E-state index >= 15 is 0 Å². The van der Waals surface area contributed by atoms with Gasteiger partial charge in [0.15, 0.2) is 0 Å². The van der Waals surface area contributed by atoms with Gasteiger partial charge in [0.05, 0.1) is 11.4 Å². The van der Waals surface area contributed by atoms with E-state index in [9.17, 15) is 0 Å². The molecule has 0 fully saturated rings. The molecule has 0 spiro atoms. The molecule has 4 heteroatoms. The quantitative estimate of drug-likeness (QED) is 0.353. The Balaban J connectivity index is 1.52. The molecule has 0 saturated heterocycles. The largest absolute Gasteiger partial charge is 0.252 e. The second-order valence-corrected chi connectivity index (χ2v) is 7.13. The van der Waals surface area contributed by atoms with Crippen LogP contribution in [0.4, 0.5) is 5.13 Å². The van der Waals surface area contributed by atoms with E-state index in [-0.39, 0.29) is 0 Å². The van der Waals surface area contributed by atoms with Crippen molar-refractivity contribution < 1.29 is 0 Å². The molecule has 1 N–H and O–H groups in total. The molecule has 128 valence electrons. The summed E-state index contributed by atoms with van der Waals surface area (Å²) in [6.45, 7) is 4.09. The predicted octanol–water partition coefficient (Wildman–Crippen LogP) is 6.11. The van der Waals surface area contributed by atoms with E-state index in [1.165, 1.54) is 16.3 Å². The van der Waals surface area contributed by atoms with E-state index in [4.69, 9.17) is 0 Å². The van der Waals surface area contributed by atoms with Crippen molar-refractivity contribution >= 4 is 33.0 Å². The number of rotatable bonds is 4. The molecule has 0 unspecified atom stereocenters. The van der Waals surface area contributed by atoms with Crippen LogP contribution in [0, 0.1) is 6.92 Å². The van der Waals surface area contributed by atoms with Crippen molar-refractivity contribution in [1.29, 1.82) is 0 Å². The third kappa shape index (κ3) is 3.51. The second kappa shape index (κ2) is 7.10. The molecule has 4 aromatic rings. The highest BCUT2D eigenvalue weighted by Gasteiger charge is 2.05. The van der Waals surface area contributed by atoms with E-state index in [1.807, 2.05) is 12.3 Å². The molecule has 4 rings (SSSR count). The Bertz CT molecular complexity index is 1080. The maximum absolute atomic E-state index is 4.63. The Labute approximate surface area is 157 Å². The van der Waals surface area contributed by atoms with Gasteiger partial charge in [-0.1, -0.05) is 66.2 Å². The molecule has 3 nitrogen and oxygen atoms in total. The number of aromatic nitrogens is 1. The first-order valence-electron chi connectivity index (χ1n) is 8.51. The Morgan fingerprint density at radius 2 is 1.73 bits per heavy atom. The highest BCUT2D eigenvalue weighted by molar-refractivity contribution is 7.14. The number of benzene rings is 3. The number of hydrogen-bond donors (Lipinski definition) is 1. The average Bonchev–Trinajstić information content (AvgIpc) is 3.15. The second-order valence-electron chi connectivity index (χ2n) is 6.27. The van der Waals surface area contributed by atoms with Crippen LogP contribution >= 0.6 is 11.3 Å². The third-order valence-corrected chi connectivity index (χ3v) is 5.08. The molecule has 0 aliphatic rings. The fourth-order valence-electron chi connectivity index (χ4n) is 2.79. The van der Waals surface area contributed by atoms with Gasteiger partial charge in [0.2, 0.25) is 5.13 Å². The van der Waals surface area contributed by atoms with Gasteiger partial charge in [-0.2, -0.15) is 5.10 Å². The van der Waals surface area contributed by atoms with Crippen LogP contribution in [0.15, 0.2) is 77.2 Å². The Morgan fingerprint density at radius 1 is 0.962 bits per heavy atom. The molecule has 1 heterocycles. The molecule has 0 aliphatic heterocycles. The highest BCUT2D eigenvalue weighted by Crippen LogP contribution is 2.25. The van der Waals surface area contributed by atoms with Gasteiger partial charge in [-0.3, -0.25) is 5.43 Å². The minimum absolute atomic E-state index is 0.792. The number of anilines is 1. The van der Waals surface area contributed by atoms with E-state index in [1.54, 1.807) is 11.3 Å². The Kier molecular flexibility index (Phi) is 4.50. The number of nitrogens with zero attached hydrogens (tertiary/aromatic N) is 2. The van der Waals surface area contributed by atoms with Gasteiger partial charge in [0.25, 0.3) is 0 Å². The van der Waals surface area contributed by atoms with Gasteiger partial charge in [-0.25, -0.2) is 4.98 Å². The molecular weight excluding hydrogens is 338 g/mol. The van der Waals surface area contributed by atoms with Crippen LogP contribution in [-0.2, 0) is 0 Å². The SMILES string of the molecule is C/C(=N/Nc1nc(-c2ccc(C)cc2)cs1)c1ccc2ccccc2c1. The standard InChI is InChI=1S/C22H19N3S/c1-15-7-9-18(10-8-15)21-14-26-22(23-21)25-24-16(2)19-12-11-17-5-3-4-6-20(17)13-19/h3-14H,1-2H3,(H,23,25)/b24-16-. The number of hydrogen-bond acceptors (Lipinski definition) is 4.